The van der Waals surface area contributed by atoms with Gasteiger partial charge in [0.2, 0.25) is 0 Å². The van der Waals surface area contributed by atoms with E-state index >= 15 is 0 Å². The highest BCUT2D eigenvalue weighted by molar-refractivity contribution is 6.44. The minimum atomic E-state index is 0.304. The van der Waals surface area contributed by atoms with Gasteiger partial charge < -0.3 is 10.6 Å². The van der Waals surface area contributed by atoms with Crippen molar-refractivity contribution in [2.45, 2.75) is 18.9 Å². The maximum Gasteiger partial charge on any atom is 0.0655 e. The Morgan fingerprint density at radius 3 is 2.19 bits per heavy atom. The monoisotopic (exact) mass is 278 g/mol. The molecule has 0 saturated carbocycles. The number of hydrogen-bond donors (Lipinski definition) is 1. The van der Waals surface area contributed by atoms with E-state index in [2.05, 4.69) is 4.90 Å². The van der Waals surface area contributed by atoms with Crippen molar-refractivity contribution in [1.29, 1.82) is 0 Å². The SMILES string of the molecule is NC1CCN(c2cc(Cl)c(Cl)cc2Cl)CC1. The molecule has 1 aliphatic heterocycles. The zero-order chi connectivity index (χ0) is 11.7. The van der Waals surface area contributed by atoms with E-state index in [1.807, 2.05) is 6.07 Å². The van der Waals surface area contributed by atoms with Crippen LogP contribution < -0.4 is 10.6 Å². The summed E-state index contributed by atoms with van der Waals surface area (Å²) in [5.74, 6) is 0. The van der Waals surface area contributed by atoms with Crippen LogP contribution >= 0.6 is 34.8 Å². The zero-order valence-corrected chi connectivity index (χ0v) is 11.0. The molecule has 1 aromatic rings. The third-order valence-electron chi connectivity index (χ3n) is 2.87. The fraction of sp³-hybridized carbons (Fsp3) is 0.455. The normalized spacial score (nSPS) is 17.9. The molecule has 0 aliphatic carbocycles. The first-order chi connectivity index (χ1) is 7.58. The van der Waals surface area contributed by atoms with Crippen molar-refractivity contribution in [3.63, 3.8) is 0 Å². The Labute approximate surface area is 110 Å². The molecule has 0 radical (unpaired) electrons. The molecule has 1 fully saturated rings. The molecule has 16 heavy (non-hydrogen) atoms. The number of halogens is 3. The van der Waals surface area contributed by atoms with Gasteiger partial charge in [0.05, 0.1) is 20.8 Å². The van der Waals surface area contributed by atoms with Gasteiger partial charge >= 0.3 is 0 Å². The van der Waals surface area contributed by atoms with E-state index in [0.717, 1.165) is 31.6 Å². The number of nitrogens with two attached hydrogens (primary N) is 1. The van der Waals surface area contributed by atoms with Crippen LogP contribution in [0.4, 0.5) is 5.69 Å². The maximum atomic E-state index is 6.16. The number of nitrogens with zero attached hydrogens (tertiary/aromatic N) is 1. The Morgan fingerprint density at radius 1 is 1.00 bits per heavy atom. The molecule has 0 unspecified atom stereocenters. The average molecular weight is 280 g/mol. The Hall–Kier alpha value is -0.150. The smallest absolute Gasteiger partial charge is 0.0655 e. The Morgan fingerprint density at radius 2 is 1.56 bits per heavy atom. The Kier molecular flexibility index (Phi) is 3.85. The highest BCUT2D eigenvalue weighted by Crippen LogP contribution is 2.35. The summed E-state index contributed by atoms with van der Waals surface area (Å²) in [4.78, 5) is 2.20. The summed E-state index contributed by atoms with van der Waals surface area (Å²) in [6, 6.07) is 3.82. The van der Waals surface area contributed by atoms with Crippen LogP contribution in [0.2, 0.25) is 15.1 Å². The Bertz CT molecular complexity index is 387. The van der Waals surface area contributed by atoms with Crippen LogP contribution in [0.3, 0.4) is 0 Å². The summed E-state index contributed by atoms with van der Waals surface area (Å²) in [5, 5.41) is 1.67. The van der Waals surface area contributed by atoms with Crippen molar-refractivity contribution in [1.82, 2.24) is 0 Å². The van der Waals surface area contributed by atoms with Crippen molar-refractivity contribution in [2.24, 2.45) is 5.73 Å². The molecule has 88 valence electrons. The number of benzene rings is 1. The molecular weight excluding hydrogens is 266 g/mol. The first kappa shape index (κ1) is 12.3. The van der Waals surface area contributed by atoms with Crippen LogP contribution in [0, 0.1) is 0 Å². The van der Waals surface area contributed by atoms with Gasteiger partial charge in [-0.05, 0) is 25.0 Å². The predicted molar refractivity (Wildman–Crippen MR) is 70.9 cm³/mol. The molecule has 0 amide bonds. The number of piperidine rings is 1. The summed E-state index contributed by atoms with van der Waals surface area (Å²) in [6.07, 6.45) is 1.97. The second kappa shape index (κ2) is 5.01. The first-order valence-electron chi connectivity index (χ1n) is 5.23. The van der Waals surface area contributed by atoms with Crippen LogP contribution in [0.15, 0.2) is 12.1 Å². The van der Waals surface area contributed by atoms with Gasteiger partial charge in [0.1, 0.15) is 0 Å². The van der Waals surface area contributed by atoms with Crippen LogP contribution in [-0.4, -0.2) is 19.1 Å². The first-order valence-corrected chi connectivity index (χ1v) is 6.36. The molecule has 0 aromatic heterocycles. The quantitative estimate of drug-likeness (QED) is 0.796. The van der Waals surface area contributed by atoms with Gasteiger partial charge in [-0.15, -0.1) is 0 Å². The van der Waals surface area contributed by atoms with Crippen molar-refractivity contribution < 1.29 is 0 Å². The fourth-order valence-corrected chi connectivity index (χ4v) is 2.56. The molecular formula is C11H13Cl3N2. The van der Waals surface area contributed by atoms with E-state index < -0.39 is 0 Å². The second-order valence-electron chi connectivity index (χ2n) is 4.04. The minimum absolute atomic E-state index is 0.304. The maximum absolute atomic E-state index is 6.16. The molecule has 2 N–H and O–H groups in total. The van der Waals surface area contributed by atoms with Gasteiger partial charge in [-0.3, -0.25) is 0 Å². The summed E-state index contributed by atoms with van der Waals surface area (Å²) < 4.78 is 0. The zero-order valence-electron chi connectivity index (χ0n) is 8.72. The standard InChI is InChI=1S/C11H13Cl3N2/c12-8-5-10(14)11(6-9(8)13)16-3-1-7(15)2-4-16/h5-7H,1-4,15H2. The molecule has 0 spiro atoms. The number of rotatable bonds is 1. The lowest BCUT2D eigenvalue weighted by Gasteiger charge is -2.32. The van der Waals surface area contributed by atoms with E-state index in [-0.39, 0.29) is 0 Å². The molecule has 2 nitrogen and oxygen atoms in total. The fourth-order valence-electron chi connectivity index (χ4n) is 1.89. The van der Waals surface area contributed by atoms with E-state index in [4.69, 9.17) is 40.5 Å². The molecule has 1 aliphatic rings. The van der Waals surface area contributed by atoms with Crippen molar-refractivity contribution >= 4 is 40.5 Å². The van der Waals surface area contributed by atoms with E-state index in [9.17, 15) is 0 Å². The highest BCUT2D eigenvalue weighted by atomic mass is 35.5. The van der Waals surface area contributed by atoms with Gasteiger partial charge in [0.15, 0.2) is 0 Å². The van der Waals surface area contributed by atoms with Crippen molar-refractivity contribution in [3.05, 3.63) is 27.2 Å². The van der Waals surface area contributed by atoms with Crippen LogP contribution in [0.25, 0.3) is 0 Å². The van der Waals surface area contributed by atoms with Crippen molar-refractivity contribution in [3.8, 4) is 0 Å². The third kappa shape index (κ3) is 2.57. The van der Waals surface area contributed by atoms with Gasteiger partial charge in [0, 0.05) is 19.1 Å². The minimum Gasteiger partial charge on any atom is -0.370 e. The molecule has 1 saturated heterocycles. The molecule has 2 rings (SSSR count). The molecule has 1 aromatic carbocycles. The average Bonchev–Trinajstić information content (AvgIpc) is 2.25. The predicted octanol–water partition coefficient (Wildman–Crippen LogP) is 3.57. The van der Waals surface area contributed by atoms with E-state index in [0.29, 0.717) is 21.1 Å². The van der Waals surface area contributed by atoms with Gasteiger partial charge in [0.25, 0.3) is 0 Å². The highest BCUT2D eigenvalue weighted by Gasteiger charge is 2.19. The van der Waals surface area contributed by atoms with Crippen LogP contribution in [-0.2, 0) is 0 Å². The topological polar surface area (TPSA) is 29.3 Å². The lowest BCUT2D eigenvalue weighted by Crippen LogP contribution is -2.39. The summed E-state index contributed by atoms with van der Waals surface area (Å²) in [6.45, 7) is 1.83. The number of anilines is 1. The lowest BCUT2D eigenvalue weighted by atomic mass is 10.1. The molecule has 0 atom stereocenters. The van der Waals surface area contributed by atoms with Crippen molar-refractivity contribution in [2.75, 3.05) is 18.0 Å². The largest absolute Gasteiger partial charge is 0.370 e. The van der Waals surface area contributed by atoms with Gasteiger partial charge in [-0.1, -0.05) is 34.8 Å². The van der Waals surface area contributed by atoms with Crippen LogP contribution in [0.1, 0.15) is 12.8 Å². The molecule has 5 heteroatoms. The number of hydrogen-bond acceptors (Lipinski definition) is 2. The van der Waals surface area contributed by atoms with Crippen LogP contribution in [0.5, 0.6) is 0 Å². The van der Waals surface area contributed by atoms with E-state index in [1.165, 1.54) is 0 Å². The third-order valence-corrected chi connectivity index (χ3v) is 3.89. The Balaban J connectivity index is 2.23. The molecule has 0 bridgehead atoms. The van der Waals surface area contributed by atoms with Gasteiger partial charge in [-0.2, -0.15) is 0 Å². The molecule has 1 heterocycles. The van der Waals surface area contributed by atoms with Gasteiger partial charge in [-0.25, -0.2) is 0 Å². The summed E-state index contributed by atoms with van der Waals surface area (Å²) >= 11 is 18.0. The summed E-state index contributed by atoms with van der Waals surface area (Å²) in [7, 11) is 0. The van der Waals surface area contributed by atoms with E-state index in [1.54, 1.807) is 6.07 Å². The lowest BCUT2D eigenvalue weighted by molar-refractivity contribution is 0.501. The second-order valence-corrected chi connectivity index (χ2v) is 5.26. The summed E-state index contributed by atoms with van der Waals surface area (Å²) in [5.41, 5.74) is 6.81.